The maximum Gasteiger partial charge on any atom is 0.219 e. The Balaban J connectivity index is 2.71. The van der Waals surface area contributed by atoms with Crippen LogP contribution in [0.1, 0.15) is 47.0 Å². The predicted octanol–water partition coefficient (Wildman–Crippen LogP) is 1.08. The van der Waals surface area contributed by atoms with Gasteiger partial charge in [0.25, 0.3) is 0 Å². The van der Waals surface area contributed by atoms with E-state index in [1.807, 2.05) is 27.7 Å². The fraction of sp³-hybridized carbons (Fsp3) is 0.909. The third-order valence-corrected chi connectivity index (χ3v) is 4.67. The number of primary amides is 1. The summed E-state index contributed by atoms with van der Waals surface area (Å²) in [5, 5.41) is 0. The molecule has 16 heavy (non-hydrogen) atoms. The van der Waals surface area contributed by atoms with Crippen molar-refractivity contribution in [1.82, 2.24) is 4.72 Å². The number of amides is 1. The zero-order chi connectivity index (χ0) is 12.6. The van der Waals surface area contributed by atoms with Crippen LogP contribution >= 0.6 is 0 Å². The van der Waals surface area contributed by atoms with E-state index in [0.29, 0.717) is 5.92 Å². The highest BCUT2D eigenvalue weighted by molar-refractivity contribution is 7.84. The van der Waals surface area contributed by atoms with Crippen molar-refractivity contribution < 1.29 is 9.00 Å². The summed E-state index contributed by atoms with van der Waals surface area (Å²) in [5.74, 6) is 0.0825. The van der Waals surface area contributed by atoms with Crippen LogP contribution in [0, 0.1) is 5.92 Å². The minimum absolute atomic E-state index is 0.249. The lowest BCUT2D eigenvalue weighted by atomic mass is 9.93. The Morgan fingerprint density at radius 1 is 1.38 bits per heavy atom. The van der Waals surface area contributed by atoms with Gasteiger partial charge in [-0.15, -0.1) is 0 Å². The van der Waals surface area contributed by atoms with Crippen molar-refractivity contribution >= 4 is 16.9 Å². The third-order valence-electron chi connectivity index (χ3n) is 2.90. The first-order valence-corrected chi connectivity index (χ1v) is 6.78. The quantitative estimate of drug-likeness (QED) is 0.762. The van der Waals surface area contributed by atoms with E-state index in [2.05, 4.69) is 4.72 Å². The summed E-state index contributed by atoms with van der Waals surface area (Å²) in [7, 11) is -1.16. The van der Waals surface area contributed by atoms with Crippen molar-refractivity contribution in [1.29, 1.82) is 0 Å². The molecule has 4 nitrogen and oxygen atoms in total. The van der Waals surface area contributed by atoms with Gasteiger partial charge in [-0.2, -0.15) is 0 Å². The lowest BCUT2D eigenvalue weighted by molar-refractivity contribution is -0.119. The van der Waals surface area contributed by atoms with Crippen molar-refractivity contribution in [3.63, 3.8) is 0 Å². The molecule has 1 saturated carbocycles. The number of nitrogens with two attached hydrogens (primary N) is 1. The van der Waals surface area contributed by atoms with Crippen molar-refractivity contribution in [3.8, 4) is 0 Å². The SMILES string of the molecule is CC(C)(C)[S@](=O)N[C@@](C)(CC(N)=O)C1CC1. The van der Waals surface area contributed by atoms with E-state index in [-0.39, 0.29) is 17.1 Å². The van der Waals surface area contributed by atoms with E-state index in [1.54, 1.807) is 0 Å². The Kier molecular flexibility index (Phi) is 3.80. The first kappa shape index (κ1) is 13.6. The number of rotatable bonds is 5. The van der Waals surface area contributed by atoms with Crippen molar-refractivity contribution in [2.75, 3.05) is 0 Å². The summed E-state index contributed by atoms with van der Waals surface area (Å²) < 4.78 is 14.8. The highest BCUT2D eigenvalue weighted by atomic mass is 32.2. The van der Waals surface area contributed by atoms with E-state index in [1.165, 1.54) is 0 Å². The molecule has 94 valence electrons. The third kappa shape index (κ3) is 3.56. The van der Waals surface area contributed by atoms with E-state index in [0.717, 1.165) is 12.8 Å². The Morgan fingerprint density at radius 3 is 2.19 bits per heavy atom. The number of hydrogen-bond donors (Lipinski definition) is 2. The van der Waals surface area contributed by atoms with Gasteiger partial charge in [0.2, 0.25) is 5.91 Å². The molecular formula is C11H22N2O2S. The van der Waals surface area contributed by atoms with E-state index in [9.17, 15) is 9.00 Å². The molecule has 0 unspecified atom stereocenters. The van der Waals surface area contributed by atoms with Crippen LogP contribution < -0.4 is 10.5 Å². The fourth-order valence-electron chi connectivity index (χ4n) is 1.71. The normalized spacial score (nSPS) is 22.5. The lowest BCUT2D eigenvalue weighted by Crippen LogP contribution is -2.51. The molecule has 1 fully saturated rings. The van der Waals surface area contributed by atoms with Crippen LogP contribution in [0.25, 0.3) is 0 Å². The second kappa shape index (κ2) is 4.45. The topological polar surface area (TPSA) is 72.2 Å². The molecule has 0 aliphatic heterocycles. The Labute approximate surface area is 99.9 Å². The van der Waals surface area contributed by atoms with Gasteiger partial charge in [0.15, 0.2) is 0 Å². The predicted molar refractivity (Wildman–Crippen MR) is 66.0 cm³/mol. The molecule has 0 saturated heterocycles. The summed E-state index contributed by atoms with van der Waals surface area (Å²) in [5.41, 5.74) is 4.84. The summed E-state index contributed by atoms with van der Waals surface area (Å²) in [6.45, 7) is 7.67. The van der Waals surface area contributed by atoms with Gasteiger partial charge in [-0.05, 0) is 46.5 Å². The lowest BCUT2D eigenvalue weighted by Gasteiger charge is -2.32. The zero-order valence-corrected chi connectivity index (χ0v) is 11.3. The number of carbonyl (C=O) groups excluding carboxylic acids is 1. The van der Waals surface area contributed by atoms with Crippen LogP contribution in [0.15, 0.2) is 0 Å². The first-order chi connectivity index (χ1) is 7.15. The number of nitrogens with one attached hydrogen (secondary N) is 1. The molecule has 1 aliphatic carbocycles. The Bertz CT molecular complexity index is 308. The standard InChI is InChI=1S/C11H22N2O2S/c1-10(2,3)16(15)13-11(4,7-9(12)14)8-5-6-8/h8,13H,5-7H2,1-4H3,(H2,12,14)/t11-,16-/m0/s1. The molecule has 0 aromatic rings. The van der Waals surface area contributed by atoms with Crippen LogP contribution in [-0.4, -0.2) is 20.4 Å². The largest absolute Gasteiger partial charge is 0.370 e. The van der Waals surface area contributed by atoms with Crippen molar-refractivity contribution in [2.45, 2.75) is 57.2 Å². The van der Waals surface area contributed by atoms with Crippen LogP contribution in [-0.2, 0) is 15.8 Å². The van der Waals surface area contributed by atoms with Gasteiger partial charge in [-0.1, -0.05) is 0 Å². The molecule has 0 aromatic carbocycles. The Morgan fingerprint density at radius 2 is 1.88 bits per heavy atom. The maximum absolute atomic E-state index is 12.0. The maximum atomic E-state index is 12.0. The summed E-state index contributed by atoms with van der Waals surface area (Å²) >= 11 is 0. The van der Waals surface area contributed by atoms with Crippen LogP contribution in [0.5, 0.6) is 0 Å². The van der Waals surface area contributed by atoms with Gasteiger partial charge in [0, 0.05) is 12.0 Å². The van der Waals surface area contributed by atoms with Crippen LogP contribution in [0.4, 0.5) is 0 Å². The van der Waals surface area contributed by atoms with Gasteiger partial charge >= 0.3 is 0 Å². The molecule has 1 amide bonds. The average molecular weight is 246 g/mol. The average Bonchev–Trinajstić information content (AvgIpc) is 2.81. The van der Waals surface area contributed by atoms with E-state index >= 15 is 0 Å². The molecule has 1 rings (SSSR count). The van der Waals surface area contributed by atoms with Gasteiger partial charge in [0.1, 0.15) is 0 Å². The molecule has 0 spiro atoms. The molecule has 0 aromatic heterocycles. The molecule has 0 radical (unpaired) electrons. The van der Waals surface area contributed by atoms with Gasteiger partial charge in [-0.3, -0.25) is 4.79 Å². The van der Waals surface area contributed by atoms with Gasteiger partial charge < -0.3 is 5.73 Å². The molecule has 5 heteroatoms. The molecule has 3 N–H and O–H groups in total. The number of hydrogen-bond acceptors (Lipinski definition) is 2. The Hall–Kier alpha value is -0.420. The smallest absolute Gasteiger partial charge is 0.219 e. The van der Waals surface area contributed by atoms with Crippen LogP contribution in [0.3, 0.4) is 0 Å². The molecule has 0 heterocycles. The molecular weight excluding hydrogens is 224 g/mol. The van der Waals surface area contributed by atoms with E-state index in [4.69, 9.17) is 5.73 Å². The molecule has 2 atom stereocenters. The second-order valence-electron chi connectivity index (χ2n) is 5.82. The number of carbonyl (C=O) groups is 1. The van der Waals surface area contributed by atoms with Crippen molar-refractivity contribution in [2.24, 2.45) is 11.7 Å². The van der Waals surface area contributed by atoms with Crippen LogP contribution in [0.2, 0.25) is 0 Å². The van der Waals surface area contributed by atoms with E-state index < -0.39 is 16.5 Å². The molecule has 1 aliphatic rings. The van der Waals surface area contributed by atoms with Gasteiger partial charge in [0.05, 0.1) is 15.7 Å². The molecule has 0 bridgehead atoms. The summed E-state index contributed by atoms with van der Waals surface area (Å²) in [4.78, 5) is 11.1. The zero-order valence-electron chi connectivity index (χ0n) is 10.5. The monoisotopic (exact) mass is 246 g/mol. The highest BCUT2D eigenvalue weighted by Crippen LogP contribution is 2.41. The highest BCUT2D eigenvalue weighted by Gasteiger charge is 2.44. The van der Waals surface area contributed by atoms with Gasteiger partial charge in [-0.25, -0.2) is 8.93 Å². The summed E-state index contributed by atoms with van der Waals surface area (Å²) in [6.07, 6.45) is 2.41. The second-order valence-corrected chi connectivity index (χ2v) is 7.78. The minimum Gasteiger partial charge on any atom is -0.370 e. The minimum atomic E-state index is -1.16. The van der Waals surface area contributed by atoms with Crippen molar-refractivity contribution in [3.05, 3.63) is 0 Å². The first-order valence-electron chi connectivity index (χ1n) is 5.63. The summed E-state index contributed by atoms with van der Waals surface area (Å²) in [6, 6.07) is 0. The fourth-order valence-corrected chi connectivity index (χ4v) is 2.68.